The number of benzene rings is 2. The number of unbranched alkanes of at least 4 members (excludes halogenated alkanes) is 1. The molecule has 1 amide bonds. The molecule has 1 aromatic heterocycles. The van der Waals surface area contributed by atoms with Crippen molar-refractivity contribution in [3.8, 4) is 22.7 Å². The number of carbonyl (C=O) groups excluding carboxylic acids is 1. The van der Waals surface area contributed by atoms with E-state index >= 15 is 0 Å². The zero-order chi connectivity index (χ0) is 22.7. The second kappa shape index (κ2) is 9.71. The van der Waals surface area contributed by atoms with Crippen molar-refractivity contribution in [2.75, 3.05) is 13.7 Å². The molecule has 4 rings (SSSR count). The molecule has 1 saturated heterocycles. The summed E-state index contributed by atoms with van der Waals surface area (Å²) in [6.07, 6.45) is 5.82. The number of hydrogen-bond acceptors (Lipinski definition) is 5. The quantitative estimate of drug-likeness (QED) is 0.325. The zero-order valence-corrected chi connectivity index (χ0v) is 20.0. The fourth-order valence-corrected chi connectivity index (χ4v) is 4.91. The maximum Gasteiger partial charge on any atom is 0.266 e. The van der Waals surface area contributed by atoms with Crippen LogP contribution in [0.2, 0.25) is 0 Å². The van der Waals surface area contributed by atoms with E-state index in [2.05, 4.69) is 13.0 Å². The van der Waals surface area contributed by atoms with Crippen molar-refractivity contribution in [1.29, 1.82) is 0 Å². The molecule has 2 aromatic carbocycles. The molecule has 0 atom stereocenters. The Morgan fingerprint density at radius 2 is 1.97 bits per heavy atom. The van der Waals surface area contributed by atoms with Gasteiger partial charge in [-0.3, -0.25) is 9.69 Å². The summed E-state index contributed by atoms with van der Waals surface area (Å²) in [6.45, 7) is 4.77. The zero-order valence-electron chi connectivity index (χ0n) is 18.4. The Balaban J connectivity index is 1.78. The van der Waals surface area contributed by atoms with Crippen LogP contribution in [0.25, 0.3) is 23.0 Å². The van der Waals surface area contributed by atoms with Crippen LogP contribution >= 0.6 is 24.0 Å². The fraction of sp³-hybridized carbons (Fsp3) is 0.240. The molecule has 0 spiro atoms. The van der Waals surface area contributed by atoms with Crippen LogP contribution in [0.3, 0.4) is 0 Å². The van der Waals surface area contributed by atoms with E-state index in [4.69, 9.17) is 22.1 Å². The number of methoxy groups -OCH3 is 1. The molecule has 164 valence electrons. The first kappa shape index (κ1) is 22.3. The van der Waals surface area contributed by atoms with Gasteiger partial charge in [0.15, 0.2) is 0 Å². The highest BCUT2D eigenvalue weighted by Gasteiger charge is 2.31. The first-order chi connectivity index (χ1) is 15.5. The van der Waals surface area contributed by atoms with E-state index in [-0.39, 0.29) is 5.91 Å². The van der Waals surface area contributed by atoms with Gasteiger partial charge in [-0.05, 0) is 55.3 Å². The van der Waals surface area contributed by atoms with E-state index in [0.717, 1.165) is 46.7 Å². The highest BCUT2D eigenvalue weighted by Crippen LogP contribution is 2.35. The molecule has 0 saturated carbocycles. The van der Waals surface area contributed by atoms with Gasteiger partial charge >= 0.3 is 0 Å². The second-order valence-corrected chi connectivity index (χ2v) is 9.26. The van der Waals surface area contributed by atoms with Crippen molar-refractivity contribution in [2.24, 2.45) is 0 Å². The maximum absolute atomic E-state index is 13.0. The summed E-state index contributed by atoms with van der Waals surface area (Å²) in [4.78, 5) is 15.3. The van der Waals surface area contributed by atoms with Gasteiger partial charge in [-0.25, -0.2) is 4.68 Å². The lowest BCUT2D eigenvalue weighted by molar-refractivity contribution is -0.122. The minimum Gasteiger partial charge on any atom is -0.496 e. The van der Waals surface area contributed by atoms with Gasteiger partial charge in [0, 0.05) is 23.9 Å². The van der Waals surface area contributed by atoms with Gasteiger partial charge in [0.25, 0.3) is 5.91 Å². The molecule has 1 aliphatic rings. The van der Waals surface area contributed by atoms with Crippen molar-refractivity contribution in [2.45, 2.75) is 26.7 Å². The molecule has 0 aliphatic carbocycles. The number of amides is 1. The lowest BCUT2D eigenvalue weighted by Gasteiger charge is -2.13. The van der Waals surface area contributed by atoms with Gasteiger partial charge in [-0.2, -0.15) is 5.10 Å². The van der Waals surface area contributed by atoms with Crippen molar-refractivity contribution in [3.63, 3.8) is 0 Å². The van der Waals surface area contributed by atoms with Gasteiger partial charge in [0.2, 0.25) is 0 Å². The average Bonchev–Trinajstić information content (AvgIpc) is 3.34. The Hall–Kier alpha value is -2.90. The molecule has 5 nitrogen and oxygen atoms in total. The molecule has 1 aliphatic heterocycles. The Bertz CT molecular complexity index is 1190. The van der Waals surface area contributed by atoms with Crippen LogP contribution in [-0.2, 0) is 4.79 Å². The lowest BCUT2D eigenvalue weighted by atomic mass is 10.0. The first-order valence-corrected chi connectivity index (χ1v) is 11.8. The van der Waals surface area contributed by atoms with Gasteiger partial charge in [0.05, 0.1) is 17.7 Å². The average molecular weight is 464 g/mol. The highest BCUT2D eigenvalue weighted by atomic mass is 32.2. The normalized spacial score (nSPS) is 15.1. The van der Waals surface area contributed by atoms with Crippen molar-refractivity contribution in [1.82, 2.24) is 14.7 Å². The molecule has 3 aromatic rings. The number of rotatable bonds is 7. The Labute approximate surface area is 198 Å². The molecule has 0 unspecified atom stereocenters. The van der Waals surface area contributed by atoms with E-state index in [1.807, 2.05) is 66.3 Å². The van der Waals surface area contributed by atoms with Crippen molar-refractivity contribution >= 4 is 40.3 Å². The number of nitrogens with zero attached hydrogens (tertiary/aromatic N) is 3. The van der Waals surface area contributed by atoms with E-state index < -0.39 is 0 Å². The number of aromatic nitrogens is 2. The van der Waals surface area contributed by atoms with Crippen molar-refractivity contribution < 1.29 is 9.53 Å². The van der Waals surface area contributed by atoms with Crippen LogP contribution in [0.1, 0.15) is 30.9 Å². The molecule has 0 bridgehead atoms. The van der Waals surface area contributed by atoms with Crippen LogP contribution < -0.4 is 4.74 Å². The maximum atomic E-state index is 13.0. The summed E-state index contributed by atoms with van der Waals surface area (Å²) < 4.78 is 7.88. The van der Waals surface area contributed by atoms with Crippen LogP contribution in [0, 0.1) is 6.92 Å². The predicted octanol–water partition coefficient (Wildman–Crippen LogP) is 5.86. The molecule has 7 heteroatoms. The summed E-state index contributed by atoms with van der Waals surface area (Å²) in [7, 11) is 1.66. The van der Waals surface area contributed by atoms with E-state index in [1.165, 1.54) is 11.8 Å². The number of carbonyl (C=O) groups is 1. The Morgan fingerprint density at radius 1 is 1.19 bits per heavy atom. The third kappa shape index (κ3) is 4.49. The van der Waals surface area contributed by atoms with Gasteiger partial charge in [-0.15, -0.1) is 0 Å². The SMILES string of the molecule is CCCCN1C(=O)C(=Cc2cn(-c3ccccc3)nc2-c2ccc(OC)c(C)c2)SC1=S. The van der Waals surface area contributed by atoms with Crippen LogP contribution in [-0.4, -0.2) is 38.6 Å². The van der Waals surface area contributed by atoms with E-state index in [9.17, 15) is 4.79 Å². The summed E-state index contributed by atoms with van der Waals surface area (Å²) in [5.74, 6) is 0.798. The number of para-hydroxylation sites is 1. The first-order valence-electron chi connectivity index (χ1n) is 10.6. The predicted molar refractivity (Wildman–Crippen MR) is 135 cm³/mol. The van der Waals surface area contributed by atoms with Crippen LogP contribution in [0.4, 0.5) is 0 Å². The van der Waals surface area contributed by atoms with Crippen molar-refractivity contribution in [3.05, 3.63) is 70.8 Å². The third-order valence-electron chi connectivity index (χ3n) is 5.33. The second-order valence-electron chi connectivity index (χ2n) is 7.58. The number of ether oxygens (including phenoxy) is 1. The summed E-state index contributed by atoms with van der Waals surface area (Å²) in [5, 5.41) is 4.87. The van der Waals surface area contributed by atoms with Gasteiger partial charge < -0.3 is 4.74 Å². The number of thioether (sulfide) groups is 1. The van der Waals surface area contributed by atoms with Gasteiger partial charge in [0.1, 0.15) is 15.8 Å². The monoisotopic (exact) mass is 463 g/mol. The van der Waals surface area contributed by atoms with Crippen LogP contribution in [0.15, 0.2) is 59.6 Å². The Morgan fingerprint density at radius 3 is 2.66 bits per heavy atom. The molecule has 2 heterocycles. The van der Waals surface area contributed by atoms with E-state index in [1.54, 1.807) is 12.0 Å². The minimum atomic E-state index is -0.0298. The summed E-state index contributed by atoms with van der Waals surface area (Å²) in [5.41, 5.74) is 4.61. The minimum absolute atomic E-state index is 0.0298. The molecule has 0 N–H and O–H groups in total. The highest BCUT2D eigenvalue weighted by molar-refractivity contribution is 8.26. The smallest absolute Gasteiger partial charge is 0.266 e. The molecular formula is C25H25N3O2S2. The molecule has 0 radical (unpaired) electrons. The van der Waals surface area contributed by atoms with E-state index in [0.29, 0.717) is 15.8 Å². The molecular weight excluding hydrogens is 438 g/mol. The topological polar surface area (TPSA) is 47.4 Å². The standard InChI is InChI=1S/C25H25N3O2S2/c1-4-5-13-27-24(29)22(32-25(27)31)15-19-16-28(20-9-7-6-8-10-20)26-23(19)18-11-12-21(30-3)17(2)14-18/h6-12,14-16H,4-5,13H2,1-3H3. The van der Waals surface area contributed by atoms with Crippen LogP contribution in [0.5, 0.6) is 5.75 Å². The largest absolute Gasteiger partial charge is 0.496 e. The summed E-state index contributed by atoms with van der Waals surface area (Å²) in [6, 6.07) is 15.9. The molecule has 1 fully saturated rings. The van der Waals surface area contributed by atoms with Gasteiger partial charge in [-0.1, -0.05) is 55.5 Å². The Kier molecular flexibility index (Phi) is 6.77. The molecule has 32 heavy (non-hydrogen) atoms. The summed E-state index contributed by atoms with van der Waals surface area (Å²) >= 11 is 6.83. The number of thiocarbonyl (C=S) groups is 1. The number of aryl methyl sites for hydroxylation is 1. The lowest BCUT2D eigenvalue weighted by Crippen LogP contribution is -2.28. The number of hydrogen-bond donors (Lipinski definition) is 0. The third-order valence-corrected chi connectivity index (χ3v) is 6.70. The fourth-order valence-electron chi connectivity index (χ4n) is 3.61.